The molecule has 0 saturated heterocycles. The van der Waals surface area contributed by atoms with Crippen molar-refractivity contribution in [3.05, 3.63) is 65.5 Å². The van der Waals surface area contributed by atoms with Crippen LogP contribution in [0.5, 0.6) is 0 Å². The van der Waals surface area contributed by atoms with E-state index in [1.54, 1.807) is 6.20 Å². The third-order valence-corrected chi connectivity index (χ3v) is 4.86. The molecule has 0 saturated carbocycles. The summed E-state index contributed by atoms with van der Waals surface area (Å²) in [6.07, 6.45) is 5.95. The van der Waals surface area contributed by atoms with Crippen LogP contribution in [0.25, 0.3) is 0 Å². The van der Waals surface area contributed by atoms with Gasteiger partial charge < -0.3 is 15.2 Å². The highest BCUT2D eigenvalue weighted by molar-refractivity contribution is 5.79. The molecular weight excluding hydrogens is 352 g/mol. The summed E-state index contributed by atoms with van der Waals surface area (Å²) in [7, 11) is 0. The number of hydrogen-bond acceptors (Lipinski definition) is 4. The summed E-state index contributed by atoms with van der Waals surface area (Å²) in [5.74, 6) is 2.84. The lowest BCUT2D eigenvalue weighted by molar-refractivity contribution is 0.662. The molecule has 146 valence electrons. The summed E-state index contributed by atoms with van der Waals surface area (Å²) >= 11 is 0. The van der Waals surface area contributed by atoms with E-state index in [0.29, 0.717) is 13.1 Å². The molecule has 0 radical (unpaired) electrons. The lowest BCUT2D eigenvalue weighted by Crippen LogP contribution is -2.37. The van der Waals surface area contributed by atoms with E-state index < -0.39 is 0 Å². The molecule has 0 atom stereocenters. The van der Waals surface area contributed by atoms with Crippen molar-refractivity contribution in [1.29, 1.82) is 0 Å². The molecule has 8 nitrogen and oxygen atoms in total. The predicted molar refractivity (Wildman–Crippen MR) is 108 cm³/mol. The zero-order chi connectivity index (χ0) is 19.2. The van der Waals surface area contributed by atoms with Gasteiger partial charge in [0.15, 0.2) is 11.8 Å². The molecule has 4 rings (SSSR count). The highest BCUT2D eigenvalue weighted by Gasteiger charge is 2.17. The largest absolute Gasteiger partial charge is 0.357 e. The van der Waals surface area contributed by atoms with Crippen LogP contribution in [-0.4, -0.2) is 37.0 Å². The molecule has 3 aromatic rings. The number of aryl methyl sites for hydroxylation is 1. The molecule has 3 heterocycles. The first-order valence-corrected chi connectivity index (χ1v) is 9.81. The Bertz CT molecular complexity index is 926. The van der Waals surface area contributed by atoms with Crippen LogP contribution in [0.1, 0.15) is 36.1 Å². The van der Waals surface area contributed by atoms with Gasteiger partial charge in [-0.2, -0.15) is 5.10 Å². The molecule has 2 N–H and O–H groups in total. The standard InChI is InChI=1S/C20H26N8/c1-2-21-20(23-14-19-26-25-18-9-5-12-28(18)19)22-13-16-7-3-4-8-17(16)15-27-11-6-10-24-27/h3-4,6-8,10-11H,2,5,9,12-15H2,1H3,(H2,21,22,23). The van der Waals surface area contributed by atoms with Crippen LogP contribution in [0.3, 0.4) is 0 Å². The maximum atomic E-state index is 4.77. The van der Waals surface area contributed by atoms with E-state index >= 15 is 0 Å². The van der Waals surface area contributed by atoms with Gasteiger partial charge in [-0.3, -0.25) is 4.68 Å². The molecule has 0 unspecified atom stereocenters. The van der Waals surface area contributed by atoms with Gasteiger partial charge in [0.05, 0.1) is 19.6 Å². The molecule has 0 aliphatic carbocycles. The SMILES string of the molecule is CCNC(=NCc1ccccc1Cn1cccn1)NCc1nnc2n1CCC2. The van der Waals surface area contributed by atoms with Crippen molar-refractivity contribution in [3.8, 4) is 0 Å². The number of nitrogens with one attached hydrogen (secondary N) is 2. The molecule has 1 aliphatic rings. The highest BCUT2D eigenvalue weighted by atomic mass is 15.3. The number of rotatable bonds is 7. The fourth-order valence-corrected chi connectivity index (χ4v) is 3.44. The van der Waals surface area contributed by atoms with Crippen LogP contribution >= 0.6 is 0 Å². The Hall–Kier alpha value is -3.16. The van der Waals surface area contributed by atoms with Crippen molar-refractivity contribution in [1.82, 2.24) is 35.2 Å². The van der Waals surface area contributed by atoms with Crippen LogP contribution in [-0.2, 0) is 32.6 Å². The van der Waals surface area contributed by atoms with E-state index in [0.717, 1.165) is 50.1 Å². The monoisotopic (exact) mass is 378 g/mol. The fraction of sp³-hybridized carbons (Fsp3) is 0.400. The van der Waals surface area contributed by atoms with E-state index in [2.05, 4.69) is 61.7 Å². The molecule has 8 heteroatoms. The normalized spacial score (nSPS) is 13.5. The number of guanidine groups is 1. The number of benzene rings is 1. The Morgan fingerprint density at radius 1 is 1.14 bits per heavy atom. The van der Waals surface area contributed by atoms with Crippen molar-refractivity contribution in [2.24, 2.45) is 4.99 Å². The number of nitrogens with zero attached hydrogens (tertiary/aromatic N) is 6. The second-order valence-corrected chi connectivity index (χ2v) is 6.81. The number of hydrogen-bond donors (Lipinski definition) is 2. The zero-order valence-electron chi connectivity index (χ0n) is 16.2. The first kappa shape index (κ1) is 18.2. The maximum Gasteiger partial charge on any atom is 0.191 e. The van der Waals surface area contributed by atoms with Gasteiger partial charge in [-0.05, 0) is 30.5 Å². The summed E-state index contributed by atoms with van der Waals surface area (Å²) in [5.41, 5.74) is 2.42. The summed E-state index contributed by atoms with van der Waals surface area (Å²) in [5, 5.41) is 19.6. The van der Waals surface area contributed by atoms with Crippen LogP contribution in [0.2, 0.25) is 0 Å². The van der Waals surface area contributed by atoms with E-state index in [-0.39, 0.29) is 0 Å². The summed E-state index contributed by atoms with van der Waals surface area (Å²) in [6, 6.07) is 10.3. The van der Waals surface area contributed by atoms with Crippen molar-refractivity contribution in [2.75, 3.05) is 6.54 Å². The lowest BCUT2D eigenvalue weighted by atomic mass is 10.1. The minimum absolute atomic E-state index is 0.602. The molecule has 28 heavy (non-hydrogen) atoms. The molecule has 1 aliphatic heterocycles. The van der Waals surface area contributed by atoms with E-state index in [1.165, 1.54) is 11.1 Å². The van der Waals surface area contributed by atoms with Crippen LogP contribution in [0, 0.1) is 0 Å². The van der Waals surface area contributed by atoms with Gasteiger partial charge in [-0.1, -0.05) is 24.3 Å². The van der Waals surface area contributed by atoms with Gasteiger partial charge >= 0.3 is 0 Å². The lowest BCUT2D eigenvalue weighted by Gasteiger charge is -2.12. The van der Waals surface area contributed by atoms with Crippen LogP contribution in [0.15, 0.2) is 47.7 Å². The Labute approximate surface area is 164 Å². The first-order valence-electron chi connectivity index (χ1n) is 9.81. The maximum absolute atomic E-state index is 4.77. The average Bonchev–Trinajstić information content (AvgIpc) is 3.44. The molecule has 0 bridgehead atoms. The van der Waals surface area contributed by atoms with Gasteiger partial charge in [0.2, 0.25) is 0 Å². The Kier molecular flexibility index (Phi) is 5.65. The first-order chi connectivity index (χ1) is 13.8. The third kappa shape index (κ3) is 4.21. The Morgan fingerprint density at radius 3 is 2.86 bits per heavy atom. The van der Waals surface area contributed by atoms with E-state index in [9.17, 15) is 0 Å². The fourth-order valence-electron chi connectivity index (χ4n) is 3.44. The molecule has 2 aromatic heterocycles. The van der Waals surface area contributed by atoms with Gasteiger partial charge in [0.25, 0.3) is 0 Å². The number of fused-ring (bicyclic) bond motifs is 1. The number of aliphatic imine (C=N–C) groups is 1. The van der Waals surface area contributed by atoms with Crippen LogP contribution < -0.4 is 10.6 Å². The minimum Gasteiger partial charge on any atom is -0.357 e. The van der Waals surface area contributed by atoms with Crippen LogP contribution in [0.4, 0.5) is 0 Å². The predicted octanol–water partition coefficient (Wildman–Crippen LogP) is 1.72. The summed E-state index contributed by atoms with van der Waals surface area (Å²) < 4.78 is 4.13. The average molecular weight is 378 g/mol. The van der Waals surface area contributed by atoms with Crippen molar-refractivity contribution in [3.63, 3.8) is 0 Å². The molecule has 0 amide bonds. The van der Waals surface area contributed by atoms with Crippen molar-refractivity contribution in [2.45, 2.75) is 45.9 Å². The quantitative estimate of drug-likeness (QED) is 0.483. The highest BCUT2D eigenvalue weighted by Crippen LogP contribution is 2.14. The molecule has 0 fully saturated rings. The van der Waals surface area contributed by atoms with Gasteiger partial charge in [-0.25, -0.2) is 4.99 Å². The summed E-state index contributed by atoms with van der Waals surface area (Å²) in [6.45, 7) is 5.84. The second kappa shape index (κ2) is 8.69. The number of aromatic nitrogens is 5. The smallest absolute Gasteiger partial charge is 0.191 e. The van der Waals surface area contributed by atoms with E-state index in [4.69, 9.17) is 4.99 Å². The second-order valence-electron chi connectivity index (χ2n) is 6.81. The minimum atomic E-state index is 0.602. The Balaban J connectivity index is 1.43. The van der Waals surface area contributed by atoms with Gasteiger partial charge in [0.1, 0.15) is 5.82 Å². The Morgan fingerprint density at radius 2 is 2.04 bits per heavy atom. The summed E-state index contributed by atoms with van der Waals surface area (Å²) in [4.78, 5) is 4.77. The molecule has 1 aromatic carbocycles. The van der Waals surface area contributed by atoms with Crippen molar-refractivity contribution >= 4 is 5.96 Å². The third-order valence-electron chi connectivity index (χ3n) is 4.86. The van der Waals surface area contributed by atoms with Gasteiger partial charge in [-0.15, -0.1) is 10.2 Å². The zero-order valence-corrected chi connectivity index (χ0v) is 16.2. The molecular formula is C20H26N8. The van der Waals surface area contributed by atoms with Gasteiger partial charge in [0, 0.05) is 31.9 Å². The molecule has 0 spiro atoms. The van der Waals surface area contributed by atoms with E-state index in [1.807, 2.05) is 16.9 Å². The van der Waals surface area contributed by atoms with Crippen molar-refractivity contribution < 1.29 is 0 Å². The topological polar surface area (TPSA) is 84.9 Å².